The molecule has 0 unspecified atom stereocenters. The normalized spacial score (nSPS) is 9.14. The monoisotopic (exact) mass is 190 g/mol. The second kappa shape index (κ2) is 3.66. The second-order valence-corrected chi connectivity index (χ2v) is 2.60. The van der Waals surface area contributed by atoms with Crippen LogP contribution in [-0.4, -0.2) is 21.8 Å². The molecule has 70 valence electrons. The number of aromatic carboxylic acids is 1. The first-order valence-corrected chi connectivity index (χ1v) is 3.71. The van der Waals surface area contributed by atoms with Crippen LogP contribution in [0.2, 0.25) is 0 Å². The van der Waals surface area contributed by atoms with Crippen LogP contribution in [0, 0.1) is 11.3 Å². The number of hydrogen-bond acceptors (Lipinski definition) is 4. The van der Waals surface area contributed by atoms with Gasteiger partial charge in [0.1, 0.15) is 11.4 Å². The van der Waals surface area contributed by atoms with Gasteiger partial charge in [0.05, 0.1) is 11.6 Å². The zero-order valence-corrected chi connectivity index (χ0v) is 7.31. The summed E-state index contributed by atoms with van der Waals surface area (Å²) in [7, 11) is 0. The summed E-state index contributed by atoms with van der Waals surface area (Å²) in [5, 5.41) is 17.2. The minimum atomic E-state index is -1.26. The highest BCUT2D eigenvalue weighted by Crippen LogP contribution is 2.06. The van der Waals surface area contributed by atoms with Crippen LogP contribution in [0.25, 0.3) is 0 Å². The predicted octanol–water partition coefficient (Wildman–Crippen LogP) is 0.854. The Hall–Kier alpha value is -2.22. The van der Waals surface area contributed by atoms with Crippen molar-refractivity contribution in [1.82, 2.24) is 4.98 Å². The maximum atomic E-state index is 10.9. The number of pyridine rings is 1. The van der Waals surface area contributed by atoms with Gasteiger partial charge in [-0.05, 0) is 12.1 Å². The van der Waals surface area contributed by atoms with Gasteiger partial charge in [0.25, 0.3) is 0 Å². The molecule has 0 aromatic carbocycles. The Morgan fingerprint density at radius 2 is 2.00 bits per heavy atom. The van der Waals surface area contributed by atoms with E-state index in [-0.39, 0.29) is 22.7 Å². The van der Waals surface area contributed by atoms with Crippen LogP contribution in [0.3, 0.4) is 0 Å². The van der Waals surface area contributed by atoms with E-state index in [1.807, 2.05) is 0 Å². The molecular formula is C9H6N2O3. The number of aromatic nitrogens is 1. The third-order valence-electron chi connectivity index (χ3n) is 1.53. The molecule has 1 rings (SSSR count). The predicted molar refractivity (Wildman–Crippen MR) is 45.9 cm³/mol. The number of nitriles is 1. The van der Waals surface area contributed by atoms with Crippen molar-refractivity contribution in [3.63, 3.8) is 0 Å². The zero-order chi connectivity index (χ0) is 10.7. The van der Waals surface area contributed by atoms with E-state index in [1.54, 1.807) is 6.07 Å². The Morgan fingerprint density at radius 3 is 2.43 bits per heavy atom. The van der Waals surface area contributed by atoms with Crippen molar-refractivity contribution in [3.8, 4) is 6.07 Å². The number of carboxylic acid groups (broad SMARTS) is 1. The van der Waals surface area contributed by atoms with Crippen molar-refractivity contribution in [1.29, 1.82) is 5.26 Å². The smallest absolute Gasteiger partial charge is 0.354 e. The van der Waals surface area contributed by atoms with Crippen molar-refractivity contribution in [2.24, 2.45) is 0 Å². The van der Waals surface area contributed by atoms with E-state index in [0.717, 1.165) is 6.07 Å². The molecule has 1 aromatic heterocycles. The van der Waals surface area contributed by atoms with E-state index in [0.29, 0.717) is 0 Å². The van der Waals surface area contributed by atoms with Gasteiger partial charge in [-0.25, -0.2) is 9.78 Å². The molecule has 5 nitrogen and oxygen atoms in total. The number of rotatable bonds is 2. The maximum absolute atomic E-state index is 10.9. The molecule has 14 heavy (non-hydrogen) atoms. The third-order valence-corrected chi connectivity index (χ3v) is 1.53. The minimum Gasteiger partial charge on any atom is -0.477 e. The van der Waals surface area contributed by atoms with Gasteiger partial charge >= 0.3 is 5.97 Å². The lowest BCUT2D eigenvalue weighted by molar-refractivity contribution is 0.0690. The van der Waals surface area contributed by atoms with Crippen LogP contribution in [-0.2, 0) is 0 Å². The first-order valence-electron chi connectivity index (χ1n) is 3.71. The van der Waals surface area contributed by atoms with Gasteiger partial charge in [0.15, 0.2) is 5.78 Å². The van der Waals surface area contributed by atoms with E-state index in [1.165, 1.54) is 13.0 Å². The molecule has 1 heterocycles. The molecule has 0 saturated carbocycles. The van der Waals surface area contributed by atoms with Crippen LogP contribution < -0.4 is 0 Å². The summed E-state index contributed by atoms with van der Waals surface area (Å²) in [6.07, 6.45) is 0. The standard InChI is InChI=1S/C9H6N2O3/c1-5(12)7-2-6(4-10)3-8(11-7)9(13)14/h2-3H,1H3,(H,13,14). The molecule has 0 fully saturated rings. The van der Waals surface area contributed by atoms with Crippen molar-refractivity contribution in [3.05, 3.63) is 29.1 Å². The number of ketones is 1. The summed E-state index contributed by atoms with van der Waals surface area (Å²) in [6, 6.07) is 4.14. The van der Waals surface area contributed by atoms with Crippen molar-refractivity contribution >= 4 is 11.8 Å². The molecular weight excluding hydrogens is 184 g/mol. The van der Waals surface area contributed by atoms with Crippen molar-refractivity contribution in [2.45, 2.75) is 6.92 Å². The van der Waals surface area contributed by atoms with E-state index in [2.05, 4.69) is 4.98 Å². The molecule has 0 saturated heterocycles. The van der Waals surface area contributed by atoms with Crippen molar-refractivity contribution < 1.29 is 14.7 Å². The fraction of sp³-hybridized carbons (Fsp3) is 0.111. The fourth-order valence-corrected chi connectivity index (χ4v) is 0.885. The molecule has 5 heteroatoms. The van der Waals surface area contributed by atoms with Gasteiger partial charge in [-0.15, -0.1) is 0 Å². The van der Waals surface area contributed by atoms with Crippen LogP contribution in [0.15, 0.2) is 12.1 Å². The highest BCUT2D eigenvalue weighted by Gasteiger charge is 2.10. The SMILES string of the molecule is CC(=O)c1cc(C#N)cc(C(=O)O)n1. The lowest BCUT2D eigenvalue weighted by Gasteiger charge is -1.98. The van der Waals surface area contributed by atoms with E-state index >= 15 is 0 Å². The topological polar surface area (TPSA) is 91.0 Å². The molecule has 0 aliphatic rings. The van der Waals surface area contributed by atoms with Gasteiger partial charge in [0.2, 0.25) is 0 Å². The second-order valence-electron chi connectivity index (χ2n) is 2.60. The molecule has 0 amide bonds. The lowest BCUT2D eigenvalue weighted by Crippen LogP contribution is -2.06. The van der Waals surface area contributed by atoms with Crippen LogP contribution in [0.1, 0.15) is 33.5 Å². The molecule has 0 radical (unpaired) electrons. The largest absolute Gasteiger partial charge is 0.477 e. The number of carbonyl (C=O) groups is 2. The highest BCUT2D eigenvalue weighted by molar-refractivity contribution is 5.94. The van der Waals surface area contributed by atoms with Gasteiger partial charge in [-0.3, -0.25) is 4.79 Å². The third kappa shape index (κ3) is 1.93. The summed E-state index contributed by atoms with van der Waals surface area (Å²) in [5.41, 5.74) is -0.196. The van der Waals surface area contributed by atoms with Gasteiger partial charge in [-0.2, -0.15) is 5.26 Å². The first kappa shape index (κ1) is 9.86. The molecule has 0 spiro atoms. The zero-order valence-electron chi connectivity index (χ0n) is 7.31. The average Bonchev–Trinajstić information content (AvgIpc) is 2.16. The minimum absolute atomic E-state index is 0.0125. The molecule has 0 aliphatic carbocycles. The van der Waals surface area contributed by atoms with E-state index < -0.39 is 5.97 Å². The number of Topliss-reactive ketones (excluding diaryl/α,β-unsaturated/α-hetero) is 1. The molecule has 0 bridgehead atoms. The quantitative estimate of drug-likeness (QED) is 0.698. The fourth-order valence-electron chi connectivity index (χ4n) is 0.885. The van der Waals surface area contributed by atoms with Gasteiger partial charge in [-0.1, -0.05) is 0 Å². The summed E-state index contributed by atoms with van der Waals surface area (Å²) in [5.74, 6) is -1.63. The number of carbonyl (C=O) groups excluding carboxylic acids is 1. The highest BCUT2D eigenvalue weighted by atomic mass is 16.4. The Balaban J connectivity index is 3.36. The molecule has 0 atom stereocenters. The summed E-state index contributed by atoms with van der Waals surface area (Å²) in [6.45, 7) is 1.26. The summed E-state index contributed by atoms with van der Waals surface area (Å²) in [4.78, 5) is 25.1. The van der Waals surface area contributed by atoms with Crippen LogP contribution in [0.5, 0.6) is 0 Å². The summed E-state index contributed by atoms with van der Waals surface area (Å²) < 4.78 is 0. The average molecular weight is 190 g/mol. The van der Waals surface area contributed by atoms with Crippen LogP contribution >= 0.6 is 0 Å². The number of carboxylic acids is 1. The Morgan fingerprint density at radius 1 is 1.43 bits per heavy atom. The molecule has 0 aliphatic heterocycles. The van der Waals surface area contributed by atoms with Crippen LogP contribution in [0.4, 0.5) is 0 Å². The first-order chi connectivity index (χ1) is 6.54. The molecule has 1 N–H and O–H groups in total. The molecule has 1 aromatic rings. The van der Waals surface area contributed by atoms with Gasteiger partial charge in [0, 0.05) is 6.92 Å². The van der Waals surface area contributed by atoms with E-state index in [9.17, 15) is 9.59 Å². The van der Waals surface area contributed by atoms with Crippen molar-refractivity contribution in [2.75, 3.05) is 0 Å². The Labute approximate surface area is 79.6 Å². The van der Waals surface area contributed by atoms with E-state index in [4.69, 9.17) is 10.4 Å². The Kier molecular flexibility index (Phi) is 2.58. The Bertz CT molecular complexity index is 414. The maximum Gasteiger partial charge on any atom is 0.354 e. The summed E-state index contributed by atoms with van der Waals surface area (Å²) >= 11 is 0. The lowest BCUT2D eigenvalue weighted by atomic mass is 10.1. The van der Waals surface area contributed by atoms with Gasteiger partial charge < -0.3 is 5.11 Å². The number of hydrogen-bond donors (Lipinski definition) is 1. The number of nitrogens with zero attached hydrogens (tertiary/aromatic N) is 2.